The van der Waals surface area contributed by atoms with Gasteiger partial charge in [-0.25, -0.2) is 0 Å². The lowest BCUT2D eigenvalue weighted by Crippen LogP contribution is -2.10. The fraction of sp³-hybridized carbons (Fsp3) is 0.143. The van der Waals surface area contributed by atoms with Crippen LogP contribution in [0.5, 0.6) is 23.0 Å². The summed E-state index contributed by atoms with van der Waals surface area (Å²) in [4.78, 5) is 0. The second-order valence-corrected chi connectivity index (χ2v) is 6.85. The third kappa shape index (κ3) is 5.58. The van der Waals surface area contributed by atoms with E-state index < -0.39 is 69.6 Å². The predicted octanol–water partition coefficient (Wildman–Crippen LogP) is 7.49. The van der Waals surface area contributed by atoms with E-state index in [1.165, 1.54) is 0 Å². The number of halogens is 9. The first-order chi connectivity index (χ1) is 15.6. The molecule has 0 aliphatic rings. The van der Waals surface area contributed by atoms with Gasteiger partial charge in [-0.2, -0.15) is 39.5 Å². The molecule has 13 heteroatoms. The lowest BCUT2D eigenvalue weighted by atomic mass is 10.1. The minimum atomic E-state index is -5.05. The smallest absolute Gasteiger partial charge is 0.420 e. The molecule has 0 aliphatic carbocycles. The van der Waals surface area contributed by atoms with Crippen molar-refractivity contribution in [2.24, 2.45) is 0 Å². The van der Waals surface area contributed by atoms with Crippen LogP contribution in [0.2, 0.25) is 0 Å². The van der Waals surface area contributed by atoms with Gasteiger partial charge in [-0.05, 0) is 54.6 Å². The van der Waals surface area contributed by atoms with Gasteiger partial charge < -0.3 is 20.9 Å². The molecule has 0 radical (unpaired) electrons. The zero-order chi connectivity index (χ0) is 25.5. The third-order valence-corrected chi connectivity index (χ3v) is 4.38. The number of hydrogen-bond acceptors (Lipinski definition) is 4. The van der Waals surface area contributed by atoms with E-state index in [2.05, 4.69) is 0 Å². The van der Waals surface area contributed by atoms with Gasteiger partial charge in [0.25, 0.3) is 0 Å². The molecule has 182 valence electrons. The summed E-state index contributed by atoms with van der Waals surface area (Å²) in [6.07, 6.45) is -14.7. The summed E-state index contributed by atoms with van der Waals surface area (Å²) in [7, 11) is 0. The Hall–Kier alpha value is -3.77. The van der Waals surface area contributed by atoms with E-state index in [0.717, 1.165) is 36.4 Å². The van der Waals surface area contributed by atoms with Crippen molar-refractivity contribution < 1.29 is 49.0 Å². The topological polar surface area (TPSA) is 70.5 Å². The summed E-state index contributed by atoms with van der Waals surface area (Å²) in [5, 5.41) is 0. The van der Waals surface area contributed by atoms with E-state index >= 15 is 0 Å². The molecule has 3 aromatic rings. The monoisotopic (exact) mass is 496 g/mol. The fourth-order valence-electron chi connectivity index (χ4n) is 2.83. The van der Waals surface area contributed by atoms with E-state index in [0.29, 0.717) is 18.2 Å². The van der Waals surface area contributed by atoms with E-state index in [1.54, 1.807) is 0 Å². The zero-order valence-electron chi connectivity index (χ0n) is 16.6. The number of benzene rings is 3. The molecule has 0 heterocycles. The highest BCUT2D eigenvalue weighted by molar-refractivity contribution is 5.55. The fourth-order valence-corrected chi connectivity index (χ4v) is 2.83. The van der Waals surface area contributed by atoms with Crippen LogP contribution in [0.1, 0.15) is 16.7 Å². The third-order valence-electron chi connectivity index (χ3n) is 4.38. The molecule has 0 amide bonds. The quantitative estimate of drug-likeness (QED) is 0.290. The van der Waals surface area contributed by atoms with Gasteiger partial charge in [0, 0.05) is 11.4 Å². The van der Waals surface area contributed by atoms with Crippen molar-refractivity contribution in [1.82, 2.24) is 0 Å². The molecule has 0 fully saturated rings. The molecule has 0 saturated carbocycles. The maximum atomic E-state index is 13.6. The molecule has 0 aromatic heterocycles. The van der Waals surface area contributed by atoms with Crippen LogP contribution in [0.4, 0.5) is 50.9 Å². The Morgan fingerprint density at radius 3 is 1.24 bits per heavy atom. The molecule has 0 spiro atoms. The molecule has 4 N–H and O–H groups in total. The highest BCUT2D eigenvalue weighted by atomic mass is 19.4. The molecule has 0 bridgehead atoms. The van der Waals surface area contributed by atoms with Crippen molar-refractivity contribution in [2.45, 2.75) is 18.5 Å². The largest absolute Gasteiger partial charge is 0.457 e. The number of nitrogens with two attached hydrogens (primary N) is 2. The van der Waals surface area contributed by atoms with E-state index in [1.807, 2.05) is 0 Å². The van der Waals surface area contributed by atoms with E-state index in [4.69, 9.17) is 20.9 Å². The normalized spacial score (nSPS) is 12.5. The molecule has 0 atom stereocenters. The summed E-state index contributed by atoms with van der Waals surface area (Å²) >= 11 is 0. The summed E-state index contributed by atoms with van der Waals surface area (Å²) in [6.45, 7) is 0. The molecular weight excluding hydrogens is 483 g/mol. The van der Waals surface area contributed by atoms with Gasteiger partial charge in [0.1, 0.15) is 28.6 Å². The van der Waals surface area contributed by atoms with Gasteiger partial charge in [-0.1, -0.05) is 0 Å². The van der Waals surface area contributed by atoms with Gasteiger partial charge in [0.05, 0.1) is 11.1 Å². The van der Waals surface area contributed by atoms with Gasteiger partial charge in [0.2, 0.25) is 0 Å². The lowest BCUT2D eigenvalue weighted by Gasteiger charge is -2.17. The molecule has 3 aromatic carbocycles. The van der Waals surface area contributed by atoms with Gasteiger partial charge in [0.15, 0.2) is 0 Å². The van der Waals surface area contributed by atoms with Crippen molar-refractivity contribution in [1.29, 1.82) is 0 Å². The Labute approximate surface area is 185 Å². The average Bonchev–Trinajstić information content (AvgIpc) is 2.69. The first-order valence-electron chi connectivity index (χ1n) is 9.06. The Morgan fingerprint density at radius 1 is 0.471 bits per heavy atom. The van der Waals surface area contributed by atoms with Gasteiger partial charge in [-0.3, -0.25) is 0 Å². The Kier molecular flexibility index (Phi) is 6.24. The Bertz CT molecular complexity index is 1200. The van der Waals surface area contributed by atoms with Crippen LogP contribution >= 0.6 is 0 Å². The first-order valence-corrected chi connectivity index (χ1v) is 9.06. The van der Waals surface area contributed by atoms with Crippen LogP contribution in [0.25, 0.3) is 0 Å². The summed E-state index contributed by atoms with van der Waals surface area (Å²) < 4.78 is 129. The second kappa shape index (κ2) is 8.54. The molecule has 0 saturated heterocycles. The van der Waals surface area contributed by atoms with Gasteiger partial charge in [-0.15, -0.1) is 0 Å². The van der Waals surface area contributed by atoms with Crippen LogP contribution in [0.3, 0.4) is 0 Å². The van der Waals surface area contributed by atoms with E-state index in [-0.39, 0.29) is 0 Å². The molecule has 4 nitrogen and oxygen atoms in total. The maximum Gasteiger partial charge on any atom is 0.420 e. The van der Waals surface area contributed by atoms with Crippen LogP contribution in [0.15, 0.2) is 54.6 Å². The van der Waals surface area contributed by atoms with Crippen LogP contribution < -0.4 is 20.9 Å². The molecule has 0 aliphatic heterocycles. The molecule has 3 rings (SSSR count). The van der Waals surface area contributed by atoms with Crippen molar-refractivity contribution >= 4 is 11.4 Å². The van der Waals surface area contributed by atoms with Crippen LogP contribution in [-0.2, 0) is 18.5 Å². The van der Waals surface area contributed by atoms with Crippen LogP contribution in [-0.4, -0.2) is 0 Å². The average molecular weight is 496 g/mol. The predicted molar refractivity (Wildman–Crippen MR) is 103 cm³/mol. The number of hydrogen-bond donors (Lipinski definition) is 2. The number of ether oxygens (including phenoxy) is 2. The lowest BCUT2D eigenvalue weighted by molar-refractivity contribution is -0.139. The number of rotatable bonds is 4. The second-order valence-electron chi connectivity index (χ2n) is 6.85. The molecule has 34 heavy (non-hydrogen) atoms. The first kappa shape index (κ1) is 24.9. The highest BCUT2D eigenvalue weighted by Gasteiger charge is 2.37. The summed E-state index contributed by atoms with van der Waals surface area (Å²) in [6, 6.07) is 6.74. The van der Waals surface area contributed by atoms with Crippen molar-refractivity contribution in [2.75, 3.05) is 11.5 Å². The van der Waals surface area contributed by atoms with Crippen LogP contribution in [0, 0.1) is 0 Å². The van der Waals surface area contributed by atoms with Crippen molar-refractivity contribution in [3.63, 3.8) is 0 Å². The summed E-state index contributed by atoms with van der Waals surface area (Å²) in [5.74, 6) is -2.40. The SMILES string of the molecule is Nc1ccc(Oc2ccc(Oc3ccc(N)c(C(F)(F)F)c3)c(C(F)(F)F)c2)cc1C(F)(F)F. The van der Waals surface area contributed by atoms with Gasteiger partial charge >= 0.3 is 18.5 Å². The number of alkyl halides is 9. The zero-order valence-corrected chi connectivity index (χ0v) is 16.6. The number of nitrogen functional groups attached to an aromatic ring is 2. The highest BCUT2D eigenvalue weighted by Crippen LogP contribution is 2.43. The molecular formula is C21H13F9N2O2. The number of anilines is 2. The minimum Gasteiger partial charge on any atom is -0.457 e. The Morgan fingerprint density at radius 2 is 0.824 bits per heavy atom. The van der Waals surface area contributed by atoms with Crippen molar-refractivity contribution in [3.05, 3.63) is 71.3 Å². The Balaban J connectivity index is 1.96. The minimum absolute atomic E-state index is 0.431. The molecule has 0 unspecified atom stereocenters. The van der Waals surface area contributed by atoms with Crippen molar-refractivity contribution in [3.8, 4) is 23.0 Å². The standard InChI is InChI=1S/C21H13F9N2O2/c22-19(23,24)13-7-10(1-4-16(13)31)33-11-3-6-18(15(9-11)21(28,29)30)34-12-2-5-17(32)14(8-12)20(25,26)27/h1-9H,31-32H2. The van der Waals surface area contributed by atoms with E-state index in [9.17, 15) is 39.5 Å². The summed E-state index contributed by atoms with van der Waals surface area (Å²) in [5.41, 5.74) is 5.28. The maximum absolute atomic E-state index is 13.6.